The highest BCUT2D eigenvalue weighted by Crippen LogP contribution is 2.33. The van der Waals surface area contributed by atoms with E-state index in [9.17, 15) is 37.1 Å². The van der Waals surface area contributed by atoms with Crippen molar-refractivity contribution in [3.8, 4) is 11.1 Å². The summed E-state index contributed by atoms with van der Waals surface area (Å²) in [6.45, 7) is 3.45. The molecule has 4 aliphatic rings. The lowest BCUT2D eigenvalue weighted by molar-refractivity contribution is -0.136. The predicted molar refractivity (Wildman–Crippen MR) is 226 cm³/mol. The SMILES string of the molecule is O=C1CC[C@@H](N2Cc3cc([C@H](O)CCN4CCN(c5ccc(-c6cnc7[nH]cc(C(=O)c8c(F)ccc(NS(=O)(=O)N9CC[C@@H](F)C9)c8F)c7c6)cc5)CC4)ccc3C2=O)C(=O)N1. The molecular weight excluding hydrogens is 842 g/mol. The number of nitrogens with one attached hydrogen (secondary N) is 3. The fraction of sp³-hybridized carbons (Fsp3) is 0.341. The molecule has 9 rings (SSSR count). The van der Waals surface area contributed by atoms with Crippen LogP contribution >= 0.6 is 0 Å². The fourth-order valence-corrected chi connectivity index (χ4v) is 10.1. The minimum absolute atomic E-state index is 0.00553. The summed E-state index contributed by atoms with van der Waals surface area (Å²) in [4.78, 5) is 64.1. The van der Waals surface area contributed by atoms with Crippen molar-refractivity contribution in [2.75, 3.05) is 55.4 Å². The van der Waals surface area contributed by atoms with Gasteiger partial charge in [0, 0.05) is 98.9 Å². The number of carbonyl (C=O) groups excluding carboxylic acids is 4. The fourth-order valence-electron chi connectivity index (χ4n) is 8.80. The number of H-pyrrole nitrogens is 1. The molecule has 0 saturated carbocycles. The Morgan fingerprint density at radius 3 is 2.46 bits per heavy atom. The smallest absolute Gasteiger partial charge is 0.301 e. The van der Waals surface area contributed by atoms with E-state index in [-0.39, 0.29) is 49.7 Å². The van der Waals surface area contributed by atoms with Crippen molar-refractivity contribution in [1.82, 2.24) is 29.4 Å². The molecule has 0 unspecified atom stereocenters. The number of aliphatic hydroxyl groups is 1. The van der Waals surface area contributed by atoms with Gasteiger partial charge in [-0.25, -0.2) is 18.2 Å². The number of carbonyl (C=O) groups is 4. The molecule has 0 spiro atoms. The Bertz CT molecular complexity index is 2760. The van der Waals surface area contributed by atoms with Crippen molar-refractivity contribution in [1.29, 1.82) is 0 Å². The van der Waals surface area contributed by atoms with E-state index < -0.39 is 69.6 Å². The number of hydrogen-bond donors (Lipinski definition) is 4. The average molecular weight is 885 g/mol. The number of anilines is 2. The molecule has 5 aromatic rings. The normalized spacial score (nSPS) is 20.3. The van der Waals surface area contributed by atoms with Gasteiger partial charge in [-0.15, -0.1) is 0 Å². The standard InChI is InChI=1S/C44H43F3N8O7S/c45-29-11-14-54(24-29)63(61,62)51-35-8-7-34(46)39(40(35)47)41(58)33-22-49-42-32(33)20-27(21-48-42)25-1-4-30(5-2-25)53-17-15-52(16-18-53)13-12-37(56)26-3-6-31-28(19-26)23-55(44(31)60)36-9-10-38(57)50-43(36)59/h1-8,19-22,29,36-37,51,56H,9-18,23-24H2,(H,48,49)(H,50,57,59)/t29-,36-,37-/m1/s1. The first-order chi connectivity index (χ1) is 30.2. The number of imide groups is 1. The van der Waals surface area contributed by atoms with Gasteiger partial charge in [0.15, 0.2) is 5.82 Å². The van der Waals surface area contributed by atoms with Gasteiger partial charge in [-0.3, -0.25) is 34.1 Å². The molecule has 3 saturated heterocycles. The number of pyridine rings is 1. The number of halogens is 3. The molecule has 328 valence electrons. The van der Waals surface area contributed by atoms with E-state index in [1.165, 1.54) is 11.1 Å². The minimum Gasteiger partial charge on any atom is -0.388 e. The van der Waals surface area contributed by atoms with Crippen molar-refractivity contribution >= 4 is 56.1 Å². The zero-order valence-electron chi connectivity index (χ0n) is 33.8. The first-order valence-corrected chi connectivity index (χ1v) is 22.1. The molecule has 4 aliphatic heterocycles. The number of ketones is 1. The number of fused-ring (bicyclic) bond motifs is 2. The summed E-state index contributed by atoms with van der Waals surface area (Å²) in [5.74, 6) is -4.67. The van der Waals surface area contributed by atoms with Crippen LogP contribution in [0, 0.1) is 11.6 Å². The highest BCUT2D eigenvalue weighted by atomic mass is 32.2. The van der Waals surface area contributed by atoms with E-state index in [0.717, 1.165) is 59.4 Å². The van der Waals surface area contributed by atoms with Crippen LogP contribution in [-0.2, 0) is 26.3 Å². The maximum atomic E-state index is 15.7. The molecule has 3 atom stereocenters. The van der Waals surface area contributed by atoms with Crippen molar-refractivity contribution in [3.63, 3.8) is 0 Å². The molecule has 6 heterocycles. The summed E-state index contributed by atoms with van der Waals surface area (Å²) in [6, 6.07) is 15.7. The number of piperazine rings is 1. The molecule has 2 aromatic heterocycles. The van der Waals surface area contributed by atoms with Gasteiger partial charge in [-0.1, -0.05) is 24.3 Å². The first kappa shape index (κ1) is 42.2. The maximum absolute atomic E-state index is 15.7. The van der Waals surface area contributed by atoms with E-state index in [1.807, 2.05) is 35.1 Å². The second-order valence-electron chi connectivity index (χ2n) is 16.3. The van der Waals surface area contributed by atoms with Crippen LogP contribution in [-0.4, -0.2) is 119 Å². The lowest BCUT2D eigenvalue weighted by atomic mass is 9.99. The molecule has 4 N–H and O–H groups in total. The Morgan fingerprint density at radius 1 is 0.952 bits per heavy atom. The summed E-state index contributed by atoms with van der Waals surface area (Å²) < 4.78 is 73.0. The summed E-state index contributed by atoms with van der Waals surface area (Å²) in [7, 11) is -4.37. The number of amides is 3. The van der Waals surface area contributed by atoms with Crippen LogP contribution in [0.1, 0.15) is 69.2 Å². The number of rotatable bonds is 12. The largest absolute Gasteiger partial charge is 0.388 e. The first-order valence-electron chi connectivity index (χ1n) is 20.7. The Kier molecular flexibility index (Phi) is 11.3. The van der Waals surface area contributed by atoms with E-state index >= 15 is 8.78 Å². The van der Waals surface area contributed by atoms with Gasteiger partial charge in [0.25, 0.3) is 5.91 Å². The molecule has 0 aliphatic carbocycles. The van der Waals surface area contributed by atoms with Crippen LogP contribution in [0.2, 0.25) is 0 Å². The molecule has 63 heavy (non-hydrogen) atoms. The van der Waals surface area contributed by atoms with Crippen molar-refractivity contribution in [3.05, 3.63) is 113 Å². The maximum Gasteiger partial charge on any atom is 0.301 e. The molecule has 15 nitrogen and oxygen atoms in total. The molecule has 0 bridgehead atoms. The topological polar surface area (TPSA) is 188 Å². The molecule has 3 fully saturated rings. The second kappa shape index (κ2) is 16.9. The van der Waals surface area contributed by atoms with Crippen LogP contribution in [0.3, 0.4) is 0 Å². The number of nitrogens with zero attached hydrogens (tertiary/aromatic N) is 5. The zero-order chi connectivity index (χ0) is 44.2. The third kappa shape index (κ3) is 8.28. The average Bonchev–Trinajstić information content (AvgIpc) is 4.00. The van der Waals surface area contributed by atoms with Crippen LogP contribution < -0.4 is 14.9 Å². The molecular formula is C44H43F3N8O7S. The number of aromatic nitrogens is 2. The summed E-state index contributed by atoms with van der Waals surface area (Å²) in [6.07, 6.45) is 1.76. The molecule has 3 aromatic carbocycles. The minimum atomic E-state index is -4.37. The second-order valence-corrected chi connectivity index (χ2v) is 18.0. The third-order valence-electron chi connectivity index (χ3n) is 12.4. The Balaban J connectivity index is 0.807. The van der Waals surface area contributed by atoms with Crippen LogP contribution in [0.25, 0.3) is 22.2 Å². The Labute approximate surface area is 360 Å². The zero-order valence-corrected chi connectivity index (χ0v) is 34.6. The van der Waals surface area contributed by atoms with Gasteiger partial charge < -0.3 is 19.9 Å². The van der Waals surface area contributed by atoms with Crippen LogP contribution in [0.5, 0.6) is 0 Å². The number of aromatic amines is 1. The summed E-state index contributed by atoms with van der Waals surface area (Å²) in [5, 5.41) is 13.7. The number of aliphatic hydroxyl groups excluding tert-OH is 1. The molecule has 0 radical (unpaired) electrons. The number of benzene rings is 3. The van der Waals surface area contributed by atoms with Gasteiger partial charge in [-0.2, -0.15) is 12.7 Å². The van der Waals surface area contributed by atoms with Gasteiger partial charge in [0.2, 0.25) is 17.6 Å². The summed E-state index contributed by atoms with van der Waals surface area (Å²) >= 11 is 0. The van der Waals surface area contributed by atoms with Gasteiger partial charge in [0.1, 0.15) is 23.7 Å². The van der Waals surface area contributed by atoms with Crippen molar-refractivity contribution < 1.29 is 45.9 Å². The lowest BCUT2D eigenvalue weighted by Crippen LogP contribution is -2.52. The monoisotopic (exact) mass is 884 g/mol. The molecule has 3 amide bonds. The Morgan fingerprint density at radius 2 is 1.73 bits per heavy atom. The quantitative estimate of drug-likeness (QED) is 0.103. The van der Waals surface area contributed by atoms with E-state index in [0.29, 0.717) is 40.7 Å². The van der Waals surface area contributed by atoms with E-state index in [1.54, 1.807) is 24.4 Å². The van der Waals surface area contributed by atoms with Gasteiger partial charge in [-0.05, 0) is 72.4 Å². The highest BCUT2D eigenvalue weighted by Gasteiger charge is 2.39. The summed E-state index contributed by atoms with van der Waals surface area (Å²) in [5.41, 5.74) is 3.02. The lowest BCUT2D eigenvalue weighted by Gasteiger charge is -2.36. The van der Waals surface area contributed by atoms with E-state index in [2.05, 4.69) is 25.1 Å². The highest BCUT2D eigenvalue weighted by molar-refractivity contribution is 7.90. The number of hydrogen-bond acceptors (Lipinski definition) is 10. The van der Waals surface area contributed by atoms with E-state index in [4.69, 9.17) is 0 Å². The number of piperidine rings is 1. The number of alkyl halides is 1. The van der Waals surface area contributed by atoms with Crippen LogP contribution in [0.4, 0.5) is 24.5 Å². The third-order valence-corrected chi connectivity index (χ3v) is 13.8. The predicted octanol–water partition coefficient (Wildman–Crippen LogP) is 4.45. The Hall–Kier alpha value is -6.15. The van der Waals surface area contributed by atoms with Gasteiger partial charge >= 0.3 is 10.2 Å². The van der Waals surface area contributed by atoms with Crippen molar-refractivity contribution in [2.24, 2.45) is 0 Å². The van der Waals surface area contributed by atoms with Crippen molar-refractivity contribution in [2.45, 2.75) is 50.5 Å². The van der Waals surface area contributed by atoms with Crippen LogP contribution in [0.15, 0.2) is 73.1 Å². The molecule has 19 heteroatoms. The van der Waals surface area contributed by atoms with Gasteiger partial charge in [0.05, 0.1) is 17.4 Å².